The number of hydrogen-bond donors (Lipinski definition) is 2. The molecule has 2 aromatic heterocycles. The second kappa shape index (κ2) is 9.23. The fourth-order valence-corrected chi connectivity index (χ4v) is 7.07. The Labute approximate surface area is 229 Å². The van der Waals surface area contributed by atoms with Crippen LogP contribution in [0.4, 0.5) is 23.9 Å². The van der Waals surface area contributed by atoms with Gasteiger partial charge in [0.1, 0.15) is 18.3 Å². The number of nitrogens with zero attached hydrogens (tertiary/aromatic N) is 4. The Balaban J connectivity index is 1.39. The van der Waals surface area contributed by atoms with Gasteiger partial charge in [0.15, 0.2) is 0 Å². The predicted molar refractivity (Wildman–Crippen MR) is 145 cm³/mol. The average Bonchev–Trinajstić information content (AvgIpc) is 3.20. The van der Waals surface area contributed by atoms with Crippen LogP contribution in [-0.4, -0.2) is 64.0 Å². The first-order valence-electron chi connectivity index (χ1n) is 12.8. The number of nitrogens with one attached hydrogen (secondary N) is 2. The molecule has 3 aromatic rings. The molecule has 1 aliphatic heterocycles. The standard InChI is InChI=1S/C27H30F3N6O3P/c1-25(2,3)39-24(37)36-13-26(14-36)8-16(9-26)34-23-33-12-19(27(28,29)30)20(35-23)18-11-32-21-17(18)7-6-15(10-31)22(21)40(4,5)38/h6-7,11-12,16,32H,8-9,13-14H2,1-5H3,(H,33,34,35). The zero-order valence-corrected chi connectivity index (χ0v) is 23.7. The molecule has 1 saturated carbocycles. The van der Waals surface area contributed by atoms with E-state index in [9.17, 15) is 27.8 Å². The lowest BCUT2D eigenvalue weighted by Gasteiger charge is -2.58. The lowest BCUT2D eigenvalue weighted by Crippen LogP contribution is -2.66. The highest BCUT2D eigenvalue weighted by molar-refractivity contribution is 7.70. The number of carbonyl (C=O) groups is 1. The molecule has 0 bridgehead atoms. The molecule has 40 heavy (non-hydrogen) atoms. The molecule has 2 aliphatic rings. The number of hydrogen-bond acceptors (Lipinski definition) is 7. The number of amides is 1. The Morgan fingerprint density at radius 2 is 1.93 bits per heavy atom. The molecule has 2 N–H and O–H groups in total. The van der Waals surface area contributed by atoms with Gasteiger partial charge in [-0.05, 0) is 53.0 Å². The van der Waals surface area contributed by atoms with Crippen LogP contribution in [0.25, 0.3) is 22.2 Å². The molecule has 3 heterocycles. The third kappa shape index (κ3) is 5.15. The molecule has 0 radical (unpaired) electrons. The van der Waals surface area contributed by atoms with E-state index in [1.165, 1.54) is 31.7 Å². The molecule has 1 amide bonds. The van der Waals surface area contributed by atoms with Gasteiger partial charge in [-0.25, -0.2) is 14.8 Å². The number of rotatable bonds is 4. The number of aromatic amines is 1. The minimum Gasteiger partial charge on any atom is -0.444 e. The summed E-state index contributed by atoms with van der Waals surface area (Å²) in [6, 6.07) is 4.98. The van der Waals surface area contributed by atoms with E-state index < -0.39 is 24.5 Å². The molecule has 212 valence electrons. The van der Waals surface area contributed by atoms with Crippen molar-refractivity contribution in [3.05, 3.63) is 35.7 Å². The number of aromatic nitrogens is 3. The van der Waals surface area contributed by atoms with Crippen molar-refractivity contribution in [2.24, 2.45) is 5.41 Å². The number of halogens is 3. The van der Waals surface area contributed by atoms with Gasteiger partial charge in [-0.15, -0.1) is 0 Å². The first-order chi connectivity index (χ1) is 18.5. The fraction of sp³-hybridized carbons (Fsp3) is 0.481. The maximum absolute atomic E-state index is 14.0. The lowest BCUT2D eigenvalue weighted by molar-refractivity contribution is -0.137. The van der Waals surface area contributed by atoms with Gasteiger partial charge in [-0.3, -0.25) is 0 Å². The number of ether oxygens (including phenoxy) is 1. The Bertz CT molecular complexity index is 1580. The van der Waals surface area contributed by atoms with Gasteiger partial charge in [0, 0.05) is 47.9 Å². The number of nitriles is 1. The van der Waals surface area contributed by atoms with Crippen molar-refractivity contribution >= 4 is 35.4 Å². The quantitative estimate of drug-likeness (QED) is 0.390. The van der Waals surface area contributed by atoms with Crippen LogP contribution in [0.1, 0.15) is 44.7 Å². The molecule has 0 unspecified atom stereocenters. The number of alkyl halides is 3. The van der Waals surface area contributed by atoms with E-state index in [1.807, 2.05) is 26.8 Å². The average molecular weight is 575 g/mol. The summed E-state index contributed by atoms with van der Waals surface area (Å²) in [7, 11) is -2.95. The van der Waals surface area contributed by atoms with Crippen molar-refractivity contribution in [2.45, 2.75) is 51.4 Å². The first kappa shape index (κ1) is 28.0. The Morgan fingerprint density at radius 3 is 2.50 bits per heavy atom. The number of benzene rings is 1. The summed E-state index contributed by atoms with van der Waals surface area (Å²) in [5.74, 6) is 0.0612. The van der Waals surface area contributed by atoms with Gasteiger partial charge < -0.3 is 24.5 Å². The van der Waals surface area contributed by atoms with E-state index in [2.05, 4.69) is 20.3 Å². The number of anilines is 1. The first-order valence-corrected chi connectivity index (χ1v) is 15.4. The van der Waals surface area contributed by atoms with Gasteiger partial charge in [0.05, 0.1) is 28.1 Å². The largest absolute Gasteiger partial charge is 0.444 e. The van der Waals surface area contributed by atoms with Gasteiger partial charge >= 0.3 is 12.3 Å². The highest BCUT2D eigenvalue weighted by Gasteiger charge is 2.54. The number of fused-ring (bicyclic) bond motifs is 1. The molecule has 2 fully saturated rings. The van der Waals surface area contributed by atoms with Crippen LogP contribution in [0.15, 0.2) is 24.5 Å². The second-order valence-corrected chi connectivity index (χ2v) is 15.2. The van der Waals surface area contributed by atoms with Crippen molar-refractivity contribution in [1.29, 1.82) is 5.26 Å². The van der Waals surface area contributed by atoms with Crippen LogP contribution in [0.3, 0.4) is 0 Å². The van der Waals surface area contributed by atoms with E-state index in [0.29, 0.717) is 29.3 Å². The highest BCUT2D eigenvalue weighted by atomic mass is 31.2. The summed E-state index contributed by atoms with van der Waals surface area (Å²) in [5, 5.41) is 13.3. The number of carbonyl (C=O) groups excluding carboxylic acids is 1. The smallest absolute Gasteiger partial charge is 0.419 e. The Kier molecular flexibility index (Phi) is 6.45. The zero-order valence-electron chi connectivity index (χ0n) is 22.8. The second-order valence-electron chi connectivity index (χ2n) is 12.1. The molecule has 9 nitrogen and oxygen atoms in total. The van der Waals surface area contributed by atoms with Crippen LogP contribution < -0.4 is 10.6 Å². The molecular formula is C27H30F3N6O3P. The maximum atomic E-state index is 14.0. The van der Waals surface area contributed by atoms with E-state index >= 15 is 0 Å². The van der Waals surface area contributed by atoms with E-state index in [4.69, 9.17) is 4.74 Å². The number of likely N-dealkylation sites (tertiary alicyclic amines) is 1. The summed E-state index contributed by atoms with van der Waals surface area (Å²) >= 11 is 0. The minimum absolute atomic E-state index is 0.0384. The van der Waals surface area contributed by atoms with Crippen molar-refractivity contribution in [2.75, 3.05) is 31.7 Å². The molecule has 1 aliphatic carbocycles. The third-order valence-electron chi connectivity index (χ3n) is 7.23. The summed E-state index contributed by atoms with van der Waals surface area (Å²) in [5.41, 5.74) is -1.20. The van der Waals surface area contributed by atoms with Crippen LogP contribution in [0.2, 0.25) is 0 Å². The van der Waals surface area contributed by atoms with E-state index in [-0.39, 0.29) is 40.3 Å². The van der Waals surface area contributed by atoms with Crippen LogP contribution >= 0.6 is 7.14 Å². The zero-order chi connectivity index (χ0) is 29.3. The SMILES string of the molecule is CC(C)(C)OC(=O)N1CC2(CC(Nc3ncc(C(F)(F)F)c(-c4c[nH]c5c(P(C)(C)=O)c(C#N)ccc45)n3)C2)C1. The predicted octanol–water partition coefficient (Wildman–Crippen LogP) is 5.57. The number of H-pyrrole nitrogens is 1. The van der Waals surface area contributed by atoms with Crippen molar-refractivity contribution in [1.82, 2.24) is 19.9 Å². The van der Waals surface area contributed by atoms with E-state index in [0.717, 1.165) is 19.0 Å². The van der Waals surface area contributed by atoms with Crippen LogP contribution in [-0.2, 0) is 15.5 Å². The van der Waals surface area contributed by atoms with E-state index in [1.54, 1.807) is 4.90 Å². The summed E-state index contributed by atoms with van der Waals surface area (Å²) in [4.78, 5) is 25.1. The molecule has 5 rings (SSSR count). The third-order valence-corrected chi connectivity index (χ3v) is 8.77. The molecular weight excluding hydrogens is 544 g/mol. The fourth-order valence-electron chi connectivity index (χ4n) is 5.64. The summed E-state index contributed by atoms with van der Waals surface area (Å²) < 4.78 is 60.4. The topological polar surface area (TPSA) is 124 Å². The Morgan fingerprint density at radius 1 is 1.25 bits per heavy atom. The monoisotopic (exact) mass is 574 g/mol. The molecule has 0 atom stereocenters. The van der Waals surface area contributed by atoms with Gasteiger partial charge in [0.25, 0.3) is 0 Å². The van der Waals surface area contributed by atoms with Gasteiger partial charge in [0.2, 0.25) is 5.95 Å². The van der Waals surface area contributed by atoms with Crippen LogP contribution in [0.5, 0.6) is 0 Å². The lowest BCUT2D eigenvalue weighted by atomic mass is 9.61. The normalized spacial score (nSPS) is 17.3. The minimum atomic E-state index is -4.71. The molecule has 1 aromatic carbocycles. The molecule has 1 spiro atoms. The van der Waals surface area contributed by atoms with Crippen LogP contribution in [0, 0.1) is 16.7 Å². The summed E-state index contributed by atoms with van der Waals surface area (Å²) in [6.45, 7) is 9.60. The molecule has 1 saturated heterocycles. The van der Waals surface area contributed by atoms with Gasteiger partial charge in [-0.1, -0.05) is 6.07 Å². The van der Waals surface area contributed by atoms with Crippen molar-refractivity contribution in [3.63, 3.8) is 0 Å². The summed E-state index contributed by atoms with van der Waals surface area (Å²) in [6.07, 6.45) is -1.46. The Hall–Kier alpha value is -3.58. The van der Waals surface area contributed by atoms with Crippen molar-refractivity contribution < 1.29 is 27.3 Å². The maximum Gasteiger partial charge on any atom is 0.419 e. The highest BCUT2D eigenvalue weighted by Crippen LogP contribution is 2.50. The van der Waals surface area contributed by atoms with Gasteiger partial charge in [-0.2, -0.15) is 18.4 Å². The van der Waals surface area contributed by atoms with Crippen molar-refractivity contribution in [3.8, 4) is 17.3 Å². The molecule has 13 heteroatoms.